The molecule has 0 aliphatic carbocycles. The number of pyridine rings is 1. The van der Waals surface area contributed by atoms with Gasteiger partial charge in [-0.25, -0.2) is 19.7 Å². The van der Waals surface area contributed by atoms with Gasteiger partial charge in [-0.1, -0.05) is 24.3 Å². The molecule has 4 rings (SSSR count). The van der Waals surface area contributed by atoms with Crippen molar-refractivity contribution in [3.8, 4) is 11.5 Å². The molecule has 0 radical (unpaired) electrons. The second kappa shape index (κ2) is 7.39. The number of benzene rings is 1. The third-order valence-electron chi connectivity index (χ3n) is 4.06. The van der Waals surface area contributed by atoms with E-state index in [1.165, 1.54) is 0 Å². The summed E-state index contributed by atoms with van der Waals surface area (Å²) in [7, 11) is 0. The van der Waals surface area contributed by atoms with Crippen LogP contribution in [-0.2, 0) is 0 Å². The molecular formula is C19H18N8O. The van der Waals surface area contributed by atoms with Crippen LogP contribution in [0, 0.1) is 0 Å². The van der Waals surface area contributed by atoms with Gasteiger partial charge in [0.1, 0.15) is 17.8 Å². The minimum atomic E-state index is -0.481. The average molecular weight is 374 g/mol. The molecule has 0 aliphatic heterocycles. The molecule has 0 unspecified atom stereocenters. The first-order chi connectivity index (χ1) is 13.6. The minimum absolute atomic E-state index is 0.191. The van der Waals surface area contributed by atoms with Gasteiger partial charge in [-0.05, 0) is 32.0 Å². The number of nitrogens with one attached hydrogen (secondary N) is 2. The lowest BCUT2D eigenvalue weighted by Crippen LogP contribution is -2.21. The van der Waals surface area contributed by atoms with E-state index in [1.807, 2.05) is 48.7 Å². The maximum atomic E-state index is 12.3. The quantitative estimate of drug-likeness (QED) is 0.565. The van der Waals surface area contributed by atoms with Crippen LogP contribution in [0.2, 0.25) is 0 Å². The lowest BCUT2D eigenvalue weighted by atomic mass is 10.2. The molecule has 140 valence electrons. The predicted octanol–water partition coefficient (Wildman–Crippen LogP) is 3.51. The summed E-state index contributed by atoms with van der Waals surface area (Å²) >= 11 is 0. The zero-order valence-corrected chi connectivity index (χ0v) is 15.4. The molecule has 0 bridgehead atoms. The fourth-order valence-electron chi connectivity index (χ4n) is 2.71. The highest BCUT2D eigenvalue weighted by atomic mass is 16.2. The molecule has 0 saturated carbocycles. The fourth-order valence-corrected chi connectivity index (χ4v) is 2.71. The Balaban J connectivity index is 1.50. The Bertz CT molecular complexity index is 1140. The van der Waals surface area contributed by atoms with E-state index in [2.05, 4.69) is 35.8 Å². The molecule has 2 N–H and O–H groups in total. The van der Waals surface area contributed by atoms with Crippen molar-refractivity contribution in [2.24, 2.45) is 0 Å². The van der Waals surface area contributed by atoms with Gasteiger partial charge in [0.25, 0.3) is 0 Å². The Morgan fingerprint density at radius 2 is 1.89 bits per heavy atom. The van der Waals surface area contributed by atoms with E-state index < -0.39 is 6.03 Å². The zero-order chi connectivity index (χ0) is 19.5. The molecule has 1 aromatic carbocycles. The van der Waals surface area contributed by atoms with Crippen LogP contribution < -0.4 is 10.6 Å². The fraction of sp³-hybridized carbons (Fsp3) is 0.158. The van der Waals surface area contributed by atoms with Crippen molar-refractivity contribution in [2.45, 2.75) is 19.9 Å². The molecule has 0 aliphatic rings. The summed E-state index contributed by atoms with van der Waals surface area (Å²) in [4.78, 5) is 25.2. The van der Waals surface area contributed by atoms with Gasteiger partial charge in [0.15, 0.2) is 5.82 Å². The van der Waals surface area contributed by atoms with Gasteiger partial charge >= 0.3 is 6.03 Å². The molecule has 2 amide bonds. The van der Waals surface area contributed by atoms with E-state index in [1.54, 1.807) is 24.7 Å². The number of rotatable bonds is 4. The number of carbonyl (C=O) groups is 1. The number of fused-ring (bicyclic) bond motifs is 1. The molecular weight excluding hydrogens is 356 g/mol. The number of amides is 2. The lowest BCUT2D eigenvalue weighted by molar-refractivity contribution is 0.262. The predicted molar refractivity (Wildman–Crippen MR) is 106 cm³/mol. The Kier molecular flexibility index (Phi) is 4.63. The maximum absolute atomic E-state index is 12.3. The molecule has 3 heterocycles. The second-order valence-electron chi connectivity index (χ2n) is 6.40. The highest BCUT2D eigenvalue weighted by Gasteiger charge is 2.13. The lowest BCUT2D eigenvalue weighted by Gasteiger charge is -2.11. The second-order valence-corrected chi connectivity index (χ2v) is 6.40. The SMILES string of the molecule is CC(C)n1cnnc1-c1cccc(NC(=O)Nc2ncc3ccccc3n2)n1. The summed E-state index contributed by atoms with van der Waals surface area (Å²) in [5.41, 5.74) is 1.37. The molecule has 4 aromatic rings. The van der Waals surface area contributed by atoms with Crippen LogP contribution in [0.25, 0.3) is 22.4 Å². The molecule has 0 saturated heterocycles. The van der Waals surface area contributed by atoms with Gasteiger partial charge in [-0.15, -0.1) is 10.2 Å². The molecule has 0 atom stereocenters. The number of carbonyl (C=O) groups excluding carboxylic acids is 1. The number of nitrogens with zero attached hydrogens (tertiary/aromatic N) is 6. The van der Waals surface area contributed by atoms with Gasteiger partial charge in [-0.2, -0.15) is 0 Å². The number of aromatic nitrogens is 6. The highest BCUT2D eigenvalue weighted by molar-refractivity contribution is 5.98. The van der Waals surface area contributed by atoms with Crippen LogP contribution in [0.15, 0.2) is 55.0 Å². The monoisotopic (exact) mass is 374 g/mol. The van der Waals surface area contributed by atoms with Crippen molar-refractivity contribution in [3.63, 3.8) is 0 Å². The summed E-state index contributed by atoms with van der Waals surface area (Å²) < 4.78 is 1.91. The molecule has 0 fully saturated rings. The maximum Gasteiger partial charge on any atom is 0.327 e. The molecule has 3 aromatic heterocycles. The van der Waals surface area contributed by atoms with E-state index in [9.17, 15) is 4.79 Å². The summed E-state index contributed by atoms with van der Waals surface area (Å²) in [5.74, 6) is 1.23. The zero-order valence-electron chi connectivity index (χ0n) is 15.4. The Labute approximate surface area is 160 Å². The summed E-state index contributed by atoms with van der Waals surface area (Å²) in [6.45, 7) is 4.07. The largest absolute Gasteiger partial charge is 0.327 e. The minimum Gasteiger partial charge on any atom is -0.310 e. The summed E-state index contributed by atoms with van der Waals surface area (Å²) in [6.07, 6.45) is 3.32. The van der Waals surface area contributed by atoms with Crippen molar-refractivity contribution in [1.29, 1.82) is 0 Å². The van der Waals surface area contributed by atoms with Crippen molar-refractivity contribution >= 4 is 28.7 Å². The third-order valence-corrected chi connectivity index (χ3v) is 4.06. The number of para-hydroxylation sites is 1. The van der Waals surface area contributed by atoms with Gasteiger partial charge in [-0.3, -0.25) is 10.6 Å². The van der Waals surface area contributed by atoms with Crippen LogP contribution in [-0.4, -0.2) is 35.7 Å². The van der Waals surface area contributed by atoms with E-state index >= 15 is 0 Å². The summed E-state index contributed by atoms with van der Waals surface area (Å²) in [5, 5.41) is 14.3. The van der Waals surface area contributed by atoms with Gasteiger partial charge in [0.2, 0.25) is 5.95 Å². The number of urea groups is 1. The van der Waals surface area contributed by atoms with Crippen molar-refractivity contribution in [3.05, 3.63) is 55.0 Å². The molecule has 28 heavy (non-hydrogen) atoms. The Morgan fingerprint density at radius 3 is 2.75 bits per heavy atom. The van der Waals surface area contributed by atoms with E-state index in [0.29, 0.717) is 17.3 Å². The van der Waals surface area contributed by atoms with Gasteiger partial charge < -0.3 is 4.57 Å². The first-order valence-corrected chi connectivity index (χ1v) is 8.77. The van der Waals surface area contributed by atoms with Crippen LogP contribution in [0.3, 0.4) is 0 Å². The number of hydrogen-bond acceptors (Lipinski definition) is 6. The average Bonchev–Trinajstić information content (AvgIpc) is 3.18. The standard InChI is InChI=1S/C19H18N8O/c1-12(2)27-11-21-26-17(27)15-8-5-9-16(22-15)24-19(28)25-18-20-10-13-6-3-4-7-14(13)23-18/h3-12H,1-2H3,(H2,20,22,23,24,25,28). The smallest absolute Gasteiger partial charge is 0.310 e. The molecule has 9 heteroatoms. The third kappa shape index (κ3) is 3.63. The first kappa shape index (κ1) is 17.5. The van der Waals surface area contributed by atoms with Gasteiger partial charge in [0, 0.05) is 17.6 Å². The van der Waals surface area contributed by atoms with Crippen molar-refractivity contribution < 1.29 is 4.79 Å². The Hall–Kier alpha value is -3.88. The molecule has 0 spiro atoms. The van der Waals surface area contributed by atoms with E-state index in [0.717, 1.165) is 10.9 Å². The Morgan fingerprint density at radius 1 is 1.04 bits per heavy atom. The van der Waals surface area contributed by atoms with Gasteiger partial charge in [0.05, 0.1) is 5.52 Å². The normalized spacial score (nSPS) is 11.0. The summed E-state index contributed by atoms with van der Waals surface area (Å²) in [6, 6.07) is 12.6. The van der Waals surface area contributed by atoms with E-state index in [-0.39, 0.29) is 12.0 Å². The van der Waals surface area contributed by atoms with Crippen LogP contribution in [0.4, 0.5) is 16.6 Å². The van der Waals surface area contributed by atoms with Crippen LogP contribution in [0.5, 0.6) is 0 Å². The van der Waals surface area contributed by atoms with Crippen LogP contribution >= 0.6 is 0 Å². The number of anilines is 2. The van der Waals surface area contributed by atoms with E-state index in [4.69, 9.17) is 0 Å². The van der Waals surface area contributed by atoms with Crippen LogP contribution in [0.1, 0.15) is 19.9 Å². The van der Waals surface area contributed by atoms with Crippen molar-refractivity contribution in [1.82, 2.24) is 29.7 Å². The highest BCUT2D eigenvalue weighted by Crippen LogP contribution is 2.20. The van der Waals surface area contributed by atoms with Crippen molar-refractivity contribution in [2.75, 3.05) is 10.6 Å². The first-order valence-electron chi connectivity index (χ1n) is 8.77. The molecule has 9 nitrogen and oxygen atoms in total. The number of hydrogen-bond donors (Lipinski definition) is 2. The topological polar surface area (TPSA) is 111 Å².